The van der Waals surface area contributed by atoms with Gasteiger partial charge in [0.15, 0.2) is 0 Å². The zero-order valence-corrected chi connectivity index (χ0v) is 16.6. The molecule has 3 aromatic carbocycles. The Kier molecular flexibility index (Phi) is 4.96. The Morgan fingerprint density at radius 1 is 0.964 bits per heavy atom. The van der Waals surface area contributed by atoms with Gasteiger partial charge in [-0.05, 0) is 48.6 Å². The fourth-order valence-corrected chi connectivity index (χ4v) is 5.35. The summed E-state index contributed by atoms with van der Waals surface area (Å²) in [4.78, 5) is 0.303. The zero-order chi connectivity index (χ0) is 19.7. The molecule has 5 heteroatoms. The minimum atomic E-state index is -3.66. The first-order chi connectivity index (χ1) is 13.5. The van der Waals surface area contributed by atoms with Crippen LogP contribution in [0.15, 0.2) is 71.6 Å². The van der Waals surface area contributed by atoms with Crippen LogP contribution < -0.4 is 4.31 Å². The number of hydrogen-bond donors (Lipinski definition) is 1. The van der Waals surface area contributed by atoms with Crippen LogP contribution in [-0.4, -0.2) is 26.7 Å². The van der Waals surface area contributed by atoms with Gasteiger partial charge in [-0.2, -0.15) is 0 Å². The van der Waals surface area contributed by atoms with Gasteiger partial charge in [0.05, 0.1) is 10.6 Å². The number of sulfonamides is 1. The van der Waals surface area contributed by atoms with Gasteiger partial charge in [-0.3, -0.25) is 4.31 Å². The molecule has 0 aliphatic carbocycles. The van der Waals surface area contributed by atoms with Crippen LogP contribution in [-0.2, 0) is 22.9 Å². The summed E-state index contributed by atoms with van der Waals surface area (Å²) in [5, 5.41) is 9.54. The van der Waals surface area contributed by atoms with Gasteiger partial charge < -0.3 is 5.11 Å². The first-order valence-electron chi connectivity index (χ1n) is 9.43. The molecule has 3 aromatic rings. The Hall–Kier alpha value is -2.63. The predicted molar refractivity (Wildman–Crippen MR) is 112 cm³/mol. The summed E-state index contributed by atoms with van der Waals surface area (Å²) < 4.78 is 28.4. The second-order valence-corrected chi connectivity index (χ2v) is 8.95. The molecule has 0 saturated heterocycles. The molecule has 0 atom stereocenters. The number of aliphatic hydroxyl groups excluding tert-OH is 1. The molecule has 0 radical (unpaired) electrons. The molecule has 0 amide bonds. The number of aryl methyl sites for hydroxylation is 1. The van der Waals surface area contributed by atoms with E-state index in [0.717, 1.165) is 33.5 Å². The maximum Gasteiger partial charge on any atom is 0.264 e. The van der Waals surface area contributed by atoms with Crippen molar-refractivity contribution in [1.82, 2.24) is 0 Å². The molecule has 28 heavy (non-hydrogen) atoms. The molecule has 1 aliphatic rings. The van der Waals surface area contributed by atoms with E-state index in [2.05, 4.69) is 0 Å². The lowest BCUT2D eigenvalue weighted by atomic mass is 9.93. The highest BCUT2D eigenvalue weighted by atomic mass is 32.2. The fraction of sp³-hybridized carbons (Fsp3) is 0.217. The van der Waals surface area contributed by atoms with Crippen LogP contribution in [0, 0.1) is 6.92 Å². The molecule has 1 aliphatic heterocycles. The molecular weight excluding hydrogens is 370 g/mol. The van der Waals surface area contributed by atoms with Gasteiger partial charge in [0.25, 0.3) is 10.0 Å². The van der Waals surface area contributed by atoms with Crippen LogP contribution in [0.5, 0.6) is 0 Å². The van der Waals surface area contributed by atoms with E-state index in [1.807, 2.05) is 61.5 Å². The molecule has 0 spiro atoms. The van der Waals surface area contributed by atoms with Crippen molar-refractivity contribution < 1.29 is 13.5 Å². The van der Waals surface area contributed by atoms with Crippen LogP contribution >= 0.6 is 0 Å². The molecule has 4 nitrogen and oxygen atoms in total. The molecule has 1 N–H and O–H groups in total. The van der Waals surface area contributed by atoms with Crippen molar-refractivity contribution in [3.8, 4) is 11.1 Å². The number of benzene rings is 3. The highest BCUT2D eigenvalue weighted by Crippen LogP contribution is 2.43. The van der Waals surface area contributed by atoms with E-state index in [-0.39, 0.29) is 6.61 Å². The van der Waals surface area contributed by atoms with Crippen LogP contribution in [0.2, 0.25) is 0 Å². The standard InChI is InChI=1S/C23H23NO3S/c1-17-7-11-21(12-8-17)28(26,27)24-15-13-20-10-9-19(14-16-25)22(23(20)24)18-5-3-2-4-6-18/h2-12,25H,13-16H2,1H3. The van der Waals surface area contributed by atoms with Crippen molar-refractivity contribution in [2.24, 2.45) is 0 Å². The van der Waals surface area contributed by atoms with E-state index in [0.29, 0.717) is 24.3 Å². The molecule has 0 saturated carbocycles. The lowest BCUT2D eigenvalue weighted by Gasteiger charge is -2.24. The minimum Gasteiger partial charge on any atom is -0.396 e. The fourth-order valence-electron chi connectivity index (χ4n) is 3.83. The van der Waals surface area contributed by atoms with Crippen LogP contribution in [0.1, 0.15) is 16.7 Å². The highest BCUT2D eigenvalue weighted by molar-refractivity contribution is 7.92. The van der Waals surface area contributed by atoms with Crippen molar-refractivity contribution in [3.05, 3.63) is 83.4 Å². The van der Waals surface area contributed by atoms with Crippen molar-refractivity contribution in [3.63, 3.8) is 0 Å². The second kappa shape index (κ2) is 7.41. The molecule has 4 rings (SSSR count). The van der Waals surface area contributed by atoms with E-state index >= 15 is 0 Å². The number of aliphatic hydroxyl groups is 1. The maximum atomic E-state index is 13.4. The first-order valence-corrected chi connectivity index (χ1v) is 10.9. The number of nitrogens with zero attached hydrogens (tertiary/aromatic N) is 1. The third-order valence-corrected chi connectivity index (χ3v) is 7.05. The Balaban J connectivity index is 1.91. The molecule has 1 heterocycles. The summed E-state index contributed by atoms with van der Waals surface area (Å²) in [7, 11) is -3.66. The van der Waals surface area contributed by atoms with E-state index in [4.69, 9.17) is 0 Å². The number of hydrogen-bond acceptors (Lipinski definition) is 3. The lowest BCUT2D eigenvalue weighted by Crippen LogP contribution is -2.29. The molecular formula is C23H23NO3S. The topological polar surface area (TPSA) is 57.6 Å². The van der Waals surface area contributed by atoms with Crippen molar-refractivity contribution in [1.29, 1.82) is 0 Å². The van der Waals surface area contributed by atoms with Gasteiger partial charge >= 0.3 is 0 Å². The predicted octanol–water partition coefficient (Wildman–Crippen LogP) is 3.95. The summed E-state index contributed by atoms with van der Waals surface area (Å²) in [5.41, 5.74) is 5.62. The third-order valence-electron chi connectivity index (χ3n) is 5.23. The van der Waals surface area contributed by atoms with Crippen LogP contribution in [0.3, 0.4) is 0 Å². The summed E-state index contributed by atoms with van der Waals surface area (Å²) >= 11 is 0. The quantitative estimate of drug-likeness (QED) is 0.714. The number of anilines is 1. The highest BCUT2D eigenvalue weighted by Gasteiger charge is 2.34. The van der Waals surface area contributed by atoms with E-state index in [1.54, 1.807) is 12.1 Å². The Morgan fingerprint density at radius 2 is 1.68 bits per heavy atom. The van der Waals surface area contributed by atoms with E-state index < -0.39 is 10.0 Å². The van der Waals surface area contributed by atoms with Gasteiger partial charge in [0, 0.05) is 18.7 Å². The van der Waals surface area contributed by atoms with E-state index in [1.165, 1.54) is 4.31 Å². The summed E-state index contributed by atoms with van der Waals surface area (Å²) in [6.45, 7) is 2.38. The molecule has 0 fully saturated rings. The van der Waals surface area contributed by atoms with Gasteiger partial charge in [-0.1, -0.05) is 60.2 Å². The molecule has 144 valence electrons. The van der Waals surface area contributed by atoms with Gasteiger partial charge in [-0.25, -0.2) is 8.42 Å². The average molecular weight is 394 g/mol. The average Bonchev–Trinajstić information content (AvgIpc) is 3.14. The molecule has 0 aromatic heterocycles. The van der Waals surface area contributed by atoms with Gasteiger partial charge in [0.2, 0.25) is 0 Å². The number of fused-ring (bicyclic) bond motifs is 1. The van der Waals surface area contributed by atoms with E-state index in [9.17, 15) is 13.5 Å². The third kappa shape index (κ3) is 3.21. The van der Waals surface area contributed by atoms with Crippen molar-refractivity contribution in [2.75, 3.05) is 17.5 Å². The maximum absolute atomic E-state index is 13.4. The molecule has 0 unspecified atom stereocenters. The summed E-state index contributed by atoms with van der Waals surface area (Å²) in [6, 6.07) is 20.8. The Morgan fingerprint density at radius 3 is 2.36 bits per heavy atom. The van der Waals surface area contributed by atoms with Crippen LogP contribution in [0.4, 0.5) is 5.69 Å². The molecule has 0 bridgehead atoms. The van der Waals surface area contributed by atoms with Crippen molar-refractivity contribution >= 4 is 15.7 Å². The lowest BCUT2D eigenvalue weighted by molar-refractivity contribution is 0.300. The van der Waals surface area contributed by atoms with Crippen molar-refractivity contribution in [2.45, 2.75) is 24.7 Å². The summed E-state index contributed by atoms with van der Waals surface area (Å²) in [5.74, 6) is 0. The normalized spacial score (nSPS) is 13.6. The Labute approximate surface area is 166 Å². The Bertz CT molecular complexity index is 1090. The smallest absolute Gasteiger partial charge is 0.264 e. The number of rotatable bonds is 5. The monoisotopic (exact) mass is 393 g/mol. The zero-order valence-electron chi connectivity index (χ0n) is 15.8. The minimum absolute atomic E-state index is 0.0172. The van der Waals surface area contributed by atoms with Gasteiger partial charge in [-0.15, -0.1) is 0 Å². The SMILES string of the molecule is Cc1ccc(S(=O)(=O)N2CCc3ccc(CCO)c(-c4ccccc4)c32)cc1. The largest absolute Gasteiger partial charge is 0.396 e. The van der Waals surface area contributed by atoms with Crippen LogP contribution in [0.25, 0.3) is 11.1 Å². The second-order valence-electron chi connectivity index (χ2n) is 7.09. The summed E-state index contributed by atoms with van der Waals surface area (Å²) in [6.07, 6.45) is 1.16. The van der Waals surface area contributed by atoms with Gasteiger partial charge in [0.1, 0.15) is 0 Å². The first kappa shape index (κ1) is 18.7.